The van der Waals surface area contributed by atoms with E-state index in [-0.39, 0.29) is 5.69 Å². The third-order valence-electron chi connectivity index (χ3n) is 3.80. The van der Waals surface area contributed by atoms with Gasteiger partial charge in [0.1, 0.15) is 5.75 Å². The van der Waals surface area contributed by atoms with Crippen LogP contribution in [0.25, 0.3) is 0 Å². The van der Waals surface area contributed by atoms with Crippen LogP contribution in [0.2, 0.25) is 0 Å². The van der Waals surface area contributed by atoms with E-state index >= 15 is 0 Å². The lowest BCUT2D eigenvalue weighted by Crippen LogP contribution is -2.61. The van der Waals surface area contributed by atoms with E-state index in [0.29, 0.717) is 18.0 Å². The number of hydrogen-bond acceptors (Lipinski definition) is 5. The molecule has 130 valence electrons. The van der Waals surface area contributed by atoms with Gasteiger partial charge < -0.3 is 10.1 Å². The largest absolute Gasteiger partial charge is 0.465 e. The van der Waals surface area contributed by atoms with Gasteiger partial charge in [0.15, 0.2) is 5.69 Å². The minimum atomic E-state index is -1.82. The number of aromatic nitrogens is 2. The summed E-state index contributed by atoms with van der Waals surface area (Å²) in [5.41, 5.74) is 3.24. The Hall–Kier alpha value is -3.36. The third-order valence-corrected chi connectivity index (χ3v) is 3.80. The van der Waals surface area contributed by atoms with E-state index in [1.165, 1.54) is 13.0 Å². The molecule has 1 atom stereocenters. The highest BCUT2D eigenvalue weighted by Crippen LogP contribution is 2.33. The molecule has 1 aromatic carbocycles. The van der Waals surface area contributed by atoms with Crippen LogP contribution in [0.5, 0.6) is 5.75 Å². The van der Waals surface area contributed by atoms with Gasteiger partial charge in [-0.3, -0.25) is 29.9 Å². The van der Waals surface area contributed by atoms with Crippen molar-refractivity contribution in [2.24, 2.45) is 0 Å². The summed E-state index contributed by atoms with van der Waals surface area (Å²) in [6, 6.07) is 8.28. The molecule has 0 saturated heterocycles. The first-order valence-electron chi connectivity index (χ1n) is 7.68. The highest BCUT2D eigenvalue weighted by molar-refractivity contribution is 6.15. The fourth-order valence-corrected chi connectivity index (χ4v) is 2.27. The second-order valence-electron chi connectivity index (χ2n) is 5.55. The maximum Gasteiger partial charge on any atom is 0.292 e. The molecule has 3 N–H and O–H groups in total. The maximum atomic E-state index is 12.4. The number of carbonyl (C=O) groups is 3. The summed E-state index contributed by atoms with van der Waals surface area (Å²) in [6.07, 6.45) is 1.65. The number of hydrogen-bond donors (Lipinski definition) is 3. The average molecular weight is 343 g/mol. The van der Waals surface area contributed by atoms with Gasteiger partial charge in [0.05, 0.1) is 5.69 Å². The van der Waals surface area contributed by atoms with E-state index in [0.717, 1.165) is 0 Å². The zero-order valence-electron chi connectivity index (χ0n) is 13.7. The Morgan fingerprint density at radius 2 is 2.04 bits per heavy atom. The van der Waals surface area contributed by atoms with Gasteiger partial charge in [0.2, 0.25) is 0 Å². The van der Waals surface area contributed by atoms with Crippen LogP contribution >= 0.6 is 0 Å². The van der Waals surface area contributed by atoms with Crippen LogP contribution in [0.15, 0.2) is 36.5 Å². The molecule has 3 amide bonds. The Balaban J connectivity index is 1.68. The van der Waals surface area contributed by atoms with Crippen molar-refractivity contribution in [1.29, 1.82) is 0 Å². The highest BCUT2D eigenvalue weighted by Gasteiger charge is 2.47. The van der Waals surface area contributed by atoms with Gasteiger partial charge in [-0.05, 0) is 32.0 Å². The minimum absolute atomic E-state index is 0.145. The molecule has 1 aliphatic rings. The van der Waals surface area contributed by atoms with Crippen LogP contribution in [-0.2, 0) is 16.1 Å². The summed E-state index contributed by atoms with van der Waals surface area (Å²) >= 11 is 0. The van der Waals surface area contributed by atoms with Crippen LogP contribution in [0.3, 0.4) is 0 Å². The lowest BCUT2D eigenvalue weighted by Gasteiger charge is -2.33. The van der Waals surface area contributed by atoms with E-state index in [1.807, 2.05) is 6.92 Å². The summed E-state index contributed by atoms with van der Waals surface area (Å²) in [5.74, 6) is -1.66. The molecular formula is C16H17N5O4. The topological polar surface area (TPSA) is 114 Å². The minimum Gasteiger partial charge on any atom is -0.465 e. The van der Waals surface area contributed by atoms with E-state index in [2.05, 4.69) is 21.3 Å². The fourth-order valence-electron chi connectivity index (χ4n) is 2.27. The molecule has 1 aromatic heterocycles. The predicted molar refractivity (Wildman–Crippen MR) is 87.6 cm³/mol. The number of nitrogens with one attached hydrogen (secondary N) is 3. The Morgan fingerprint density at radius 1 is 1.28 bits per heavy atom. The zero-order chi connectivity index (χ0) is 18.0. The van der Waals surface area contributed by atoms with Crippen molar-refractivity contribution >= 4 is 23.4 Å². The predicted octanol–water partition coefficient (Wildman–Crippen LogP) is 0.454. The summed E-state index contributed by atoms with van der Waals surface area (Å²) in [5, 5.41) is 6.63. The van der Waals surface area contributed by atoms with Gasteiger partial charge in [-0.1, -0.05) is 12.1 Å². The first-order valence-corrected chi connectivity index (χ1v) is 7.68. The van der Waals surface area contributed by atoms with E-state index in [1.54, 1.807) is 35.1 Å². The van der Waals surface area contributed by atoms with Crippen LogP contribution in [-0.4, -0.2) is 33.1 Å². The van der Waals surface area contributed by atoms with Crippen molar-refractivity contribution in [3.8, 4) is 5.75 Å². The number of rotatable bonds is 3. The second kappa shape index (κ2) is 6.27. The summed E-state index contributed by atoms with van der Waals surface area (Å²) in [4.78, 5) is 36.7. The molecule has 0 aliphatic carbocycles. The first kappa shape index (κ1) is 16.5. The van der Waals surface area contributed by atoms with Crippen molar-refractivity contribution in [1.82, 2.24) is 20.6 Å². The Labute approximate surface area is 143 Å². The zero-order valence-corrected chi connectivity index (χ0v) is 13.7. The van der Waals surface area contributed by atoms with Gasteiger partial charge >= 0.3 is 0 Å². The van der Waals surface area contributed by atoms with Crippen molar-refractivity contribution in [3.05, 3.63) is 42.2 Å². The second-order valence-corrected chi connectivity index (χ2v) is 5.55. The lowest BCUT2D eigenvalue weighted by atomic mass is 10.0. The number of carbonyl (C=O) groups excluding carboxylic acids is 3. The molecule has 2 aromatic rings. The van der Waals surface area contributed by atoms with Gasteiger partial charge in [0, 0.05) is 12.7 Å². The molecule has 3 rings (SSSR count). The highest BCUT2D eigenvalue weighted by atomic mass is 16.5. The molecule has 0 fully saturated rings. The van der Waals surface area contributed by atoms with Crippen LogP contribution in [0, 0.1) is 0 Å². The average Bonchev–Trinajstić information content (AvgIpc) is 3.09. The molecular weight excluding hydrogens is 326 g/mol. The number of para-hydroxylation sites is 2. The molecule has 0 saturated carbocycles. The van der Waals surface area contributed by atoms with Crippen molar-refractivity contribution in [2.75, 3.05) is 5.32 Å². The SMILES string of the molecule is CCn1ccc(C(=O)NNC(=O)C2(C)Oc3ccccc3NC2=O)n1. The molecule has 2 heterocycles. The van der Waals surface area contributed by atoms with Crippen molar-refractivity contribution in [2.45, 2.75) is 26.0 Å². The smallest absolute Gasteiger partial charge is 0.292 e. The molecule has 0 radical (unpaired) electrons. The van der Waals surface area contributed by atoms with Gasteiger partial charge in [-0.15, -0.1) is 0 Å². The number of ether oxygens (including phenoxy) is 1. The number of hydrazine groups is 1. The number of anilines is 1. The maximum absolute atomic E-state index is 12.4. The molecule has 9 nitrogen and oxygen atoms in total. The fraction of sp³-hybridized carbons (Fsp3) is 0.250. The van der Waals surface area contributed by atoms with Gasteiger partial charge in [-0.2, -0.15) is 5.10 Å². The van der Waals surface area contributed by atoms with Crippen molar-refractivity contribution in [3.63, 3.8) is 0 Å². The standard InChI is InChI=1S/C16H17N5O4/c1-3-21-9-8-11(20-21)13(22)18-19-15(24)16(2)14(23)17-10-6-4-5-7-12(10)25-16/h4-9H,3H2,1-2H3,(H,17,23)(H,18,22)(H,19,24). The number of benzene rings is 1. The van der Waals surface area contributed by atoms with Crippen LogP contribution < -0.4 is 20.9 Å². The number of aryl methyl sites for hydroxylation is 1. The normalized spacial score (nSPS) is 18.6. The number of fused-ring (bicyclic) bond motifs is 1. The lowest BCUT2D eigenvalue weighted by molar-refractivity contribution is -0.147. The van der Waals surface area contributed by atoms with E-state index < -0.39 is 23.3 Å². The Kier molecular flexibility index (Phi) is 4.14. The van der Waals surface area contributed by atoms with Gasteiger partial charge in [-0.25, -0.2) is 0 Å². The number of nitrogens with zero attached hydrogens (tertiary/aromatic N) is 2. The monoisotopic (exact) mass is 343 g/mol. The first-order chi connectivity index (χ1) is 11.9. The van der Waals surface area contributed by atoms with Crippen LogP contribution in [0.4, 0.5) is 5.69 Å². The van der Waals surface area contributed by atoms with Gasteiger partial charge in [0.25, 0.3) is 23.3 Å². The summed E-state index contributed by atoms with van der Waals surface area (Å²) in [7, 11) is 0. The Morgan fingerprint density at radius 3 is 2.76 bits per heavy atom. The Bertz CT molecular complexity index is 847. The molecule has 0 spiro atoms. The molecule has 25 heavy (non-hydrogen) atoms. The summed E-state index contributed by atoms with van der Waals surface area (Å²) in [6.45, 7) is 3.82. The number of amides is 3. The third kappa shape index (κ3) is 3.03. The molecule has 1 aliphatic heterocycles. The summed E-state index contributed by atoms with van der Waals surface area (Å²) < 4.78 is 7.13. The van der Waals surface area contributed by atoms with Crippen molar-refractivity contribution < 1.29 is 19.1 Å². The molecule has 9 heteroatoms. The quantitative estimate of drug-likeness (QED) is 0.553. The van der Waals surface area contributed by atoms with Crippen LogP contribution in [0.1, 0.15) is 24.3 Å². The molecule has 0 bridgehead atoms. The van der Waals surface area contributed by atoms with E-state index in [4.69, 9.17) is 4.74 Å². The van der Waals surface area contributed by atoms with E-state index in [9.17, 15) is 14.4 Å². The molecule has 1 unspecified atom stereocenters.